The summed E-state index contributed by atoms with van der Waals surface area (Å²) in [7, 11) is 0. The zero-order valence-electron chi connectivity index (χ0n) is 16.4. The van der Waals surface area contributed by atoms with Crippen LogP contribution in [0.2, 0.25) is 0 Å². The van der Waals surface area contributed by atoms with Crippen LogP contribution in [0.1, 0.15) is 19.4 Å². The molecule has 0 spiro atoms. The monoisotopic (exact) mass is 422 g/mol. The summed E-state index contributed by atoms with van der Waals surface area (Å²) in [6.07, 6.45) is -4.49. The summed E-state index contributed by atoms with van der Waals surface area (Å²) in [6.45, 7) is 3.19. The van der Waals surface area contributed by atoms with Crippen molar-refractivity contribution in [3.8, 4) is 22.6 Å². The molecule has 0 aliphatic carbocycles. The van der Waals surface area contributed by atoms with Gasteiger partial charge in [-0.15, -0.1) is 13.2 Å². The van der Waals surface area contributed by atoms with Gasteiger partial charge in [0, 0.05) is 13.3 Å². The first-order valence-electron chi connectivity index (χ1n) is 9.31. The van der Waals surface area contributed by atoms with Gasteiger partial charge in [-0.3, -0.25) is 9.59 Å². The maximum absolute atomic E-state index is 12.5. The quantitative estimate of drug-likeness (QED) is 0.750. The molecule has 3 rings (SSSR count). The Balaban J connectivity index is 1.63. The van der Waals surface area contributed by atoms with Crippen molar-refractivity contribution in [1.29, 1.82) is 0 Å². The third kappa shape index (κ3) is 5.65. The predicted octanol–water partition coefficient (Wildman–Crippen LogP) is 3.20. The number of carbonyl (C=O) groups excluding carboxylic acids is 2. The van der Waals surface area contributed by atoms with Crippen LogP contribution < -0.4 is 20.1 Å². The van der Waals surface area contributed by atoms with Gasteiger partial charge in [-0.25, -0.2) is 0 Å². The smallest absolute Gasteiger partial charge is 0.488 e. The van der Waals surface area contributed by atoms with E-state index in [2.05, 4.69) is 15.4 Å². The van der Waals surface area contributed by atoms with E-state index in [4.69, 9.17) is 4.74 Å². The summed E-state index contributed by atoms with van der Waals surface area (Å²) in [5.74, 6) is -0.229. The molecule has 2 atom stereocenters. The van der Waals surface area contributed by atoms with Gasteiger partial charge in [0.25, 0.3) is 0 Å². The molecule has 9 heteroatoms. The molecule has 0 bridgehead atoms. The van der Waals surface area contributed by atoms with Crippen molar-refractivity contribution in [3.63, 3.8) is 0 Å². The number of alkyl halides is 3. The number of benzene rings is 2. The standard InChI is InChI=1S/C21H21F3N2O4/c1-12(26-13(2)27)20(28)25-11-18-10-16-8-15(6-7-19(16)29-18)14-4-3-5-17(9-14)30-21(22,23)24/h3-9,12,18H,10-11H2,1-2H3,(H,25,28)(H,26,27)/t12-,18-/m0/s1. The predicted molar refractivity (Wildman–Crippen MR) is 103 cm³/mol. The lowest BCUT2D eigenvalue weighted by atomic mass is 10.0. The molecule has 0 unspecified atom stereocenters. The molecule has 160 valence electrons. The van der Waals surface area contributed by atoms with Crippen LogP contribution in [0.25, 0.3) is 11.1 Å². The second-order valence-corrected chi connectivity index (χ2v) is 7.01. The average Bonchev–Trinajstić information content (AvgIpc) is 3.06. The highest BCUT2D eigenvalue weighted by Gasteiger charge is 2.31. The van der Waals surface area contributed by atoms with E-state index < -0.39 is 12.4 Å². The fraction of sp³-hybridized carbons (Fsp3) is 0.333. The molecule has 1 aliphatic rings. The molecule has 0 radical (unpaired) electrons. The summed E-state index contributed by atoms with van der Waals surface area (Å²) in [5.41, 5.74) is 2.21. The Morgan fingerprint density at radius 3 is 2.63 bits per heavy atom. The Hall–Kier alpha value is -3.23. The summed E-state index contributed by atoms with van der Waals surface area (Å²) in [5, 5.41) is 5.25. The van der Waals surface area contributed by atoms with Crippen molar-refractivity contribution in [2.75, 3.05) is 6.54 Å². The minimum absolute atomic E-state index is 0.266. The minimum atomic E-state index is -4.75. The third-order valence-electron chi connectivity index (χ3n) is 4.52. The van der Waals surface area contributed by atoms with Crippen LogP contribution in [-0.4, -0.2) is 36.9 Å². The second kappa shape index (κ2) is 8.64. The van der Waals surface area contributed by atoms with Crippen molar-refractivity contribution in [2.45, 2.75) is 38.8 Å². The van der Waals surface area contributed by atoms with Crippen LogP contribution in [-0.2, 0) is 16.0 Å². The van der Waals surface area contributed by atoms with E-state index in [0.29, 0.717) is 17.7 Å². The molecule has 30 heavy (non-hydrogen) atoms. The van der Waals surface area contributed by atoms with Gasteiger partial charge >= 0.3 is 6.36 Å². The fourth-order valence-corrected chi connectivity index (χ4v) is 3.22. The second-order valence-electron chi connectivity index (χ2n) is 7.01. The van der Waals surface area contributed by atoms with E-state index in [1.165, 1.54) is 25.1 Å². The highest BCUT2D eigenvalue weighted by Crippen LogP contribution is 2.34. The van der Waals surface area contributed by atoms with Crippen molar-refractivity contribution in [1.82, 2.24) is 10.6 Å². The normalized spacial score (nSPS) is 16.2. The zero-order chi connectivity index (χ0) is 21.9. The zero-order valence-corrected chi connectivity index (χ0v) is 16.4. The maximum Gasteiger partial charge on any atom is 0.573 e. The van der Waals surface area contributed by atoms with Crippen LogP contribution in [0, 0.1) is 0 Å². The lowest BCUT2D eigenvalue weighted by Crippen LogP contribution is -2.46. The van der Waals surface area contributed by atoms with Crippen molar-refractivity contribution < 1.29 is 32.2 Å². The van der Waals surface area contributed by atoms with Gasteiger partial charge in [-0.05, 0) is 47.9 Å². The number of carbonyl (C=O) groups is 2. The number of hydrogen-bond acceptors (Lipinski definition) is 4. The summed E-state index contributed by atoms with van der Waals surface area (Å²) in [6, 6.07) is 10.5. The maximum atomic E-state index is 12.5. The van der Waals surface area contributed by atoms with E-state index in [1.54, 1.807) is 25.1 Å². The molecule has 0 saturated carbocycles. The summed E-state index contributed by atoms with van der Waals surface area (Å²) in [4.78, 5) is 23.0. The first-order chi connectivity index (χ1) is 14.1. The number of halogens is 3. The molecule has 2 aromatic carbocycles. The van der Waals surface area contributed by atoms with E-state index >= 15 is 0 Å². The Labute approximate surface area is 171 Å². The first-order valence-corrected chi connectivity index (χ1v) is 9.31. The van der Waals surface area contributed by atoms with Crippen LogP contribution in [0.15, 0.2) is 42.5 Å². The van der Waals surface area contributed by atoms with Crippen molar-refractivity contribution >= 4 is 11.8 Å². The summed E-state index contributed by atoms with van der Waals surface area (Å²) < 4.78 is 47.2. The molecule has 2 amide bonds. The molecule has 0 saturated heterocycles. The average molecular weight is 422 g/mol. The van der Waals surface area contributed by atoms with E-state index in [1.807, 2.05) is 6.07 Å². The van der Waals surface area contributed by atoms with E-state index in [9.17, 15) is 22.8 Å². The van der Waals surface area contributed by atoms with Gasteiger partial charge in [-0.2, -0.15) is 0 Å². The van der Waals surface area contributed by atoms with Gasteiger partial charge in [0.15, 0.2) is 0 Å². The van der Waals surface area contributed by atoms with Crippen molar-refractivity contribution in [2.24, 2.45) is 0 Å². The van der Waals surface area contributed by atoms with Crippen LogP contribution in [0.3, 0.4) is 0 Å². The van der Waals surface area contributed by atoms with Crippen LogP contribution in [0.5, 0.6) is 11.5 Å². The molecule has 1 heterocycles. The highest BCUT2D eigenvalue weighted by atomic mass is 19.4. The van der Waals surface area contributed by atoms with E-state index in [0.717, 1.165) is 11.1 Å². The number of hydrogen-bond donors (Lipinski definition) is 2. The van der Waals surface area contributed by atoms with Gasteiger partial charge < -0.3 is 20.1 Å². The molecular weight excluding hydrogens is 401 g/mol. The van der Waals surface area contributed by atoms with Gasteiger partial charge in [-0.1, -0.05) is 18.2 Å². The Bertz CT molecular complexity index is 946. The first kappa shape index (κ1) is 21.5. The molecule has 6 nitrogen and oxygen atoms in total. The van der Waals surface area contributed by atoms with E-state index in [-0.39, 0.29) is 30.2 Å². The SMILES string of the molecule is CC(=O)N[C@@H](C)C(=O)NC[C@@H]1Cc2cc(-c3cccc(OC(F)(F)F)c3)ccc2O1. The number of ether oxygens (including phenoxy) is 2. The minimum Gasteiger partial charge on any atom is -0.488 e. The lowest BCUT2D eigenvalue weighted by Gasteiger charge is -2.15. The lowest BCUT2D eigenvalue weighted by molar-refractivity contribution is -0.274. The Morgan fingerprint density at radius 1 is 1.20 bits per heavy atom. The van der Waals surface area contributed by atoms with Gasteiger partial charge in [0.1, 0.15) is 23.6 Å². The molecule has 1 aliphatic heterocycles. The third-order valence-corrected chi connectivity index (χ3v) is 4.52. The molecule has 0 fully saturated rings. The number of amides is 2. The number of rotatable bonds is 6. The Morgan fingerprint density at radius 2 is 1.93 bits per heavy atom. The summed E-state index contributed by atoms with van der Waals surface area (Å²) >= 11 is 0. The fourth-order valence-electron chi connectivity index (χ4n) is 3.22. The van der Waals surface area contributed by atoms with Crippen LogP contribution in [0.4, 0.5) is 13.2 Å². The molecule has 2 aromatic rings. The molecule has 0 aromatic heterocycles. The van der Waals surface area contributed by atoms with Crippen molar-refractivity contribution in [3.05, 3.63) is 48.0 Å². The highest BCUT2D eigenvalue weighted by molar-refractivity contribution is 5.86. The van der Waals surface area contributed by atoms with Crippen LogP contribution >= 0.6 is 0 Å². The number of nitrogens with one attached hydrogen (secondary N) is 2. The Kier molecular flexibility index (Phi) is 6.19. The topological polar surface area (TPSA) is 76.7 Å². The van der Waals surface area contributed by atoms with Gasteiger partial charge in [0.05, 0.1) is 6.54 Å². The molecular formula is C21H21F3N2O4. The van der Waals surface area contributed by atoms with Gasteiger partial charge in [0.2, 0.25) is 11.8 Å². The largest absolute Gasteiger partial charge is 0.573 e. The number of fused-ring (bicyclic) bond motifs is 1. The molecule has 2 N–H and O–H groups in total.